The van der Waals surface area contributed by atoms with E-state index >= 15 is 0 Å². The molecule has 0 unspecified atom stereocenters. The van der Waals surface area contributed by atoms with Crippen LogP contribution in [0.5, 0.6) is 0 Å². The Balaban J connectivity index is 2.26. The molecule has 1 rings (SSSR count). The maximum atomic E-state index is 9.50. The zero-order valence-electron chi connectivity index (χ0n) is 9.00. The minimum Gasteiger partial charge on any atom is -0.392 e. The second kappa shape index (κ2) is 5.61. The van der Waals surface area contributed by atoms with E-state index in [0.29, 0.717) is 0 Å². The van der Waals surface area contributed by atoms with E-state index in [0.717, 1.165) is 18.9 Å². The molecule has 1 N–H and O–H groups in total. The molecule has 1 heterocycles. The molecule has 0 bridgehead atoms. The van der Waals surface area contributed by atoms with Crippen molar-refractivity contribution in [3.8, 4) is 0 Å². The molecule has 0 aromatic heterocycles. The van der Waals surface area contributed by atoms with Gasteiger partial charge in [-0.25, -0.2) is 0 Å². The van der Waals surface area contributed by atoms with Gasteiger partial charge in [-0.15, -0.1) is 0 Å². The predicted octanol–water partition coefficient (Wildman–Crippen LogP) is 1.88. The molecular formula is C11H23NO. The predicted molar refractivity (Wildman–Crippen MR) is 55.8 cm³/mol. The summed E-state index contributed by atoms with van der Waals surface area (Å²) in [6.07, 6.45) is 4.63. The Morgan fingerprint density at radius 1 is 1.38 bits per heavy atom. The summed E-state index contributed by atoms with van der Waals surface area (Å²) in [6, 6.07) is 0. The van der Waals surface area contributed by atoms with Gasteiger partial charge < -0.3 is 10.0 Å². The molecular weight excluding hydrogens is 162 g/mol. The number of piperidine rings is 1. The van der Waals surface area contributed by atoms with Crippen LogP contribution in [0.4, 0.5) is 0 Å². The molecule has 13 heavy (non-hydrogen) atoms. The highest BCUT2D eigenvalue weighted by Crippen LogP contribution is 2.15. The van der Waals surface area contributed by atoms with Crippen LogP contribution in [0.3, 0.4) is 0 Å². The normalized spacial score (nSPS) is 25.4. The van der Waals surface area contributed by atoms with Crippen molar-refractivity contribution in [2.45, 2.75) is 45.6 Å². The highest BCUT2D eigenvalue weighted by molar-refractivity contribution is 4.73. The topological polar surface area (TPSA) is 23.5 Å². The van der Waals surface area contributed by atoms with E-state index < -0.39 is 0 Å². The molecule has 1 aliphatic rings. The lowest BCUT2D eigenvalue weighted by Crippen LogP contribution is -2.40. The van der Waals surface area contributed by atoms with Crippen molar-refractivity contribution in [1.29, 1.82) is 0 Å². The molecule has 0 aromatic rings. The molecule has 0 amide bonds. The molecule has 2 heteroatoms. The smallest absolute Gasteiger partial charge is 0.0667 e. The Labute approximate surface area is 81.9 Å². The summed E-state index contributed by atoms with van der Waals surface area (Å²) in [5, 5.41) is 9.50. The lowest BCUT2D eigenvalue weighted by Gasteiger charge is -2.32. The van der Waals surface area contributed by atoms with Crippen LogP contribution in [0.1, 0.15) is 39.5 Å². The lowest BCUT2D eigenvalue weighted by molar-refractivity contribution is 0.0613. The van der Waals surface area contributed by atoms with Gasteiger partial charge in [0, 0.05) is 13.1 Å². The van der Waals surface area contributed by atoms with Crippen molar-refractivity contribution in [1.82, 2.24) is 4.90 Å². The average molecular weight is 185 g/mol. The summed E-state index contributed by atoms with van der Waals surface area (Å²) in [5.41, 5.74) is 0. The SMILES string of the molecule is CCC(CC)CN1CCC[C@@H](O)C1. The van der Waals surface area contributed by atoms with Crippen LogP contribution in [-0.2, 0) is 0 Å². The summed E-state index contributed by atoms with van der Waals surface area (Å²) < 4.78 is 0. The van der Waals surface area contributed by atoms with Crippen molar-refractivity contribution < 1.29 is 5.11 Å². The van der Waals surface area contributed by atoms with E-state index in [9.17, 15) is 5.11 Å². The number of β-amino-alcohol motifs (C(OH)–C–C–N with tert-alkyl or cyclic N) is 1. The molecule has 0 aromatic carbocycles. The Bertz CT molecular complexity index is 134. The number of rotatable bonds is 4. The third kappa shape index (κ3) is 3.65. The quantitative estimate of drug-likeness (QED) is 0.723. The fraction of sp³-hybridized carbons (Fsp3) is 1.00. The molecule has 1 saturated heterocycles. The molecule has 1 aliphatic heterocycles. The van der Waals surface area contributed by atoms with Gasteiger partial charge in [-0.05, 0) is 25.3 Å². The fourth-order valence-electron chi connectivity index (χ4n) is 2.11. The van der Waals surface area contributed by atoms with Crippen molar-refractivity contribution in [3.05, 3.63) is 0 Å². The van der Waals surface area contributed by atoms with E-state index in [4.69, 9.17) is 0 Å². The van der Waals surface area contributed by atoms with E-state index in [-0.39, 0.29) is 6.10 Å². The molecule has 0 radical (unpaired) electrons. The van der Waals surface area contributed by atoms with Crippen LogP contribution in [0.2, 0.25) is 0 Å². The molecule has 1 atom stereocenters. The van der Waals surface area contributed by atoms with E-state index in [1.165, 1.54) is 32.4 Å². The Hall–Kier alpha value is -0.0800. The van der Waals surface area contributed by atoms with Crippen molar-refractivity contribution in [3.63, 3.8) is 0 Å². The van der Waals surface area contributed by atoms with Crippen molar-refractivity contribution >= 4 is 0 Å². The van der Waals surface area contributed by atoms with Gasteiger partial charge in [0.25, 0.3) is 0 Å². The summed E-state index contributed by atoms with van der Waals surface area (Å²) in [5.74, 6) is 0.824. The third-order valence-electron chi connectivity index (χ3n) is 3.15. The minimum absolute atomic E-state index is 0.0666. The summed E-state index contributed by atoms with van der Waals surface area (Å²) in [7, 11) is 0. The minimum atomic E-state index is -0.0666. The molecule has 0 saturated carbocycles. The molecule has 0 spiro atoms. The number of likely N-dealkylation sites (tertiary alicyclic amines) is 1. The maximum absolute atomic E-state index is 9.50. The Morgan fingerprint density at radius 3 is 2.62 bits per heavy atom. The third-order valence-corrected chi connectivity index (χ3v) is 3.15. The lowest BCUT2D eigenvalue weighted by atomic mass is 10.0. The molecule has 1 fully saturated rings. The first-order valence-electron chi connectivity index (χ1n) is 5.66. The van der Waals surface area contributed by atoms with Crippen LogP contribution in [-0.4, -0.2) is 35.7 Å². The first-order valence-corrected chi connectivity index (χ1v) is 5.66. The van der Waals surface area contributed by atoms with Crippen LogP contribution >= 0.6 is 0 Å². The van der Waals surface area contributed by atoms with Gasteiger partial charge in [-0.1, -0.05) is 26.7 Å². The van der Waals surface area contributed by atoms with E-state index in [2.05, 4.69) is 18.7 Å². The number of nitrogens with zero attached hydrogens (tertiary/aromatic N) is 1. The fourth-order valence-corrected chi connectivity index (χ4v) is 2.11. The van der Waals surface area contributed by atoms with Crippen LogP contribution < -0.4 is 0 Å². The van der Waals surface area contributed by atoms with E-state index in [1.54, 1.807) is 0 Å². The maximum Gasteiger partial charge on any atom is 0.0667 e. The van der Waals surface area contributed by atoms with Gasteiger partial charge in [0.2, 0.25) is 0 Å². The zero-order valence-corrected chi connectivity index (χ0v) is 9.00. The Morgan fingerprint density at radius 2 is 2.08 bits per heavy atom. The molecule has 2 nitrogen and oxygen atoms in total. The van der Waals surface area contributed by atoms with Gasteiger partial charge >= 0.3 is 0 Å². The van der Waals surface area contributed by atoms with Crippen LogP contribution in [0, 0.1) is 5.92 Å². The van der Waals surface area contributed by atoms with Crippen molar-refractivity contribution in [2.75, 3.05) is 19.6 Å². The number of aliphatic hydroxyl groups is 1. The highest BCUT2D eigenvalue weighted by atomic mass is 16.3. The zero-order chi connectivity index (χ0) is 9.68. The van der Waals surface area contributed by atoms with Gasteiger partial charge in [0.1, 0.15) is 0 Å². The monoisotopic (exact) mass is 185 g/mol. The Kier molecular flexibility index (Phi) is 4.74. The van der Waals surface area contributed by atoms with Crippen LogP contribution in [0.15, 0.2) is 0 Å². The van der Waals surface area contributed by atoms with Crippen molar-refractivity contribution in [2.24, 2.45) is 5.92 Å². The summed E-state index contributed by atoms with van der Waals surface area (Å²) >= 11 is 0. The first kappa shape index (κ1) is 11.0. The second-order valence-corrected chi connectivity index (χ2v) is 4.24. The standard InChI is InChI=1S/C11H23NO/c1-3-10(4-2)8-12-7-5-6-11(13)9-12/h10-11,13H,3-9H2,1-2H3/t11-/m1/s1. The number of hydrogen-bond acceptors (Lipinski definition) is 2. The number of aliphatic hydroxyl groups excluding tert-OH is 1. The van der Waals surface area contributed by atoms with Gasteiger partial charge in [-0.3, -0.25) is 0 Å². The average Bonchev–Trinajstić information content (AvgIpc) is 2.14. The van der Waals surface area contributed by atoms with Gasteiger partial charge in [0.15, 0.2) is 0 Å². The largest absolute Gasteiger partial charge is 0.392 e. The summed E-state index contributed by atoms with van der Waals surface area (Å²) in [6.45, 7) is 7.79. The second-order valence-electron chi connectivity index (χ2n) is 4.24. The molecule has 0 aliphatic carbocycles. The van der Waals surface area contributed by atoms with Gasteiger partial charge in [0.05, 0.1) is 6.10 Å². The number of hydrogen-bond donors (Lipinski definition) is 1. The summed E-state index contributed by atoms with van der Waals surface area (Å²) in [4.78, 5) is 2.42. The highest BCUT2D eigenvalue weighted by Gasteiger charge is 2.19. The first-order chi connectivity index (χ1) is 6.26. The van der Waals surface area contributed by atoms with E-state index in [1.807, 2.05) is 0 Å². The van der Waals surface area contributed by atoms with Crippen LogP contribution in [0.25, 0.3) is 0 Å². The molecule has 78 valence electrons. The van der Waals surface area contributed by atoms with Gasteiger partial charge in [-0.2, -0.15) is 0 Å².